The normalized spacial score (nSPS) is 19.7. The lowest BCUT2D eigenvalue weighted by Crippen LogP contribution is -2.30. The highest BCUT2D eigenvalue weighted by Crippen LogP contribution is 2.10. The summed E-state index contributed by atoms with van der Waals surface area (Å²) >= 11 is 0. The van der Waals surface area contributed by atoms with Crippen LogP contribution in [0.4, 0.5) is 0 Å². The molecule has 5 heteroatoms. The Labute approximate surface area is 94.2 Å². The summed E-state index contributed by atoms with van der Waals surface area (Å²) in [5, 5.41) is 2.84. The zero-order chi connectivity index (χ0) is 11.4. The Morgan fingerprint density at radius 3 is 3.06 bits per heavy atom. The van der Waals surface area contributed by atoms with Crippen LogP contribution in [0.1, 0.15) is 22.6 Å². The van der Waals surface area contributed by atoms with Crippen molar-refractivity contribution in [3.05, 3.63) is 23.8 Å². The third kappa shape index (κ3) is 2.76. The molecule has 16 heavy (non-hydrogen) atoms. The Bertz CT molecular complexity index is 358. The molecule has 0 aliphatic carbocycles. The number of carbonyl (C=O) groups is 1. The van der Waals surface area contributed by atoms with Gasteiger partial charge in [0.15, 0.2) is 0 Å². The van der Waals surface area contributed by atoms with Gasteiger partial charge < -0.3 is 10.1 Å². The van der Waals surface area contributed by atoms with E-state index in [0.717, 1.165) is 25.3 Å². The molecule has 1 aromatic heterocycles. The van der Waals surface area contributed by atoms with Gasteiger partial charge in [-0.15, -0.1) is 0 Å². The van der Waals surface area contributed by atoms with E-state index in [9.17, 15) is 4.79 Å². The number of rotatable bonds is 3. The van der Waals surface area contributed by atoms with Crippen LogP contribution in [0.3, 0.4) is 0 Å². The van der Waals surface area contributed by atoms with Gasteiger partial charge in [0.05, 0.1) is 18.5 Å². The summed E-state index contributed by atoms with van der Waals surface area (Å²) in [4.78, 5) is 19.7. The monoisotopic (exact) mass is 221 g/mol. The van der Waals surface area contributed by atoms with Gasteiger partial charge in [-0.25, -0.2) is 4.98 Å². The Morgan fingerprint density at radius 1 is 1.56 bits per heavy atom. The lowest BCUT2D eigenvalue weighted by Gasteiger charge is -2.08. The Balaban J connectivity index is 1.85. The summed E-state index contributed by atoms with van der Waals surface area (Å²) in [6, 6.07) is 0. The minimum Gasteiger partial charge on any atom is -0.381 e. The molecule has 1 aromatic rings. The molecule has 86 valence electrons. The lowest BCUT2D eigenvalue weighted by atomic mass is 10.1. The van der Waals surface area contributed by atoms with Crippen molar-refractivity contribution in [2.75, 3.05) is 19.8 Å². The van der Waals surface area contributed by atoms with E-state index in [1.165, 1.54) is 6.20 Å². The molecule has 0 saturated carbocycles. The van der Waals surface area contributed by atoms with Gasteiger partial charge in [0.2, 0.25) is 0 Å². The van der Waals surface area contributed by atoms with Crippen molar-refractivity contribution in [1.82, 2.24) is 15.3 Å². The van der Waals surface area contributed by atoms with Gasteiger partial charge in [-0.1, -0.05) is 0 Å². The zero-order valence-electron chi connectivity index (χ0n) is 9.27. The first-order chi connectivity index (χ1) is 7.75. The van der Waals surface area contributed by atoms with Crippen molar-refractivity contribution in [3.8, 4) is 0 Å². The van der Waals surface area contributed by atoms with E-state index < -0.39 is 0 Å². The Morgan fingerprint density at radius 2 is 2.44 bits per heavy atom. The number of nitrogens with one attached hydrogen (secondary N) is 1. The van der Waals surface area contributed by atoms with Crippen LogP contribution >= 0.6 is 0 Å². The molecule has 0 bridgehead atoms. The lowest BCUT2D eigenvalue weighted by molar-refractivity contribution is 0.0939. The van der Waals surface area contributed by atoms with Gasteiger partial charge in [0, 0.05) is 25.3 Å². The average Bonchev–Trinajstić information content (AvgIpc) is 2.80. The molecule has 0 spiro atoms. The second-order valence-corrected chi connectivity index (χ2v) is 3.98. The standard InChI is InChI=1S/C11H15N3O2/c1-8-4-13-10(6-12-8)11(15)14-5-9-2-3-16-7-9/h4,6,9H,2-3,5,7H2,1H3,(H,14,15)/t9-/m0/s1. The number of ether oxygens (including phenoxy) is 1. The number of carbonyl (C=O) groups excluding carboxylic acids is 1. The van der Waals surface area contributed by atoms with Gasteiger partial charge in [-0.2, -0.15) is 0 Å². The maximum absolute atomic E-state index is 11.7. The number of aryl methyl sites for hydroxylation is 1. The minimum absolute atomic E-state index is 0.167. The molecule has 1 aliphatic rings. The molecule has 0 unspecified atom stereocenters. The van der Waals surface area contributed by atoms with E-state index in [-0.39, 0.29) is 5.91 Å². The molecule has 5 nitrogen and oxygen atoms in total. The van der Waals surface area contributed by atoms with Gasteiger partial charge >= 0.3 is 0 Å². The summed E-state index contributed by atoms with van der Waals surface area (Å²) in [5.74, 6) is 0.266. The summed E-state index contributed by atoms with van der Waals surface area (Å²) < 4.78 is 5.23. The highest BCUT2D eigenvalue weighted by atomic mass is 16.5. The topological polar surface area (TPSA) is 64.1 Å². The molecule has 1 saturated heterocycles. The molecule has 0 aromatic carbocycles. The largest absolute Gasteiger partial charge is 0.381 e. The fourth-order valence-electron chi connectivity index (χ4n) is 1.58. The highest BCUT2D eigenvalue weighted by molar-refractivity contribution is 5.91. The van der Waals surface area contributed by atoms with Crippen LogP contribution in [-0.4, -0.2) is 35.6 Å². The first-order valence-electron chi connectivity index (χ1n) is 5.40. The van der Waals surface area contributed by atoms with Crippen LogP contribution in [0.25, 0.3) is 0 Å². The number of hydrogen-bond acceptors (Lipinski definition) is 4. The molecular formula is C11H15N3O2. The quantitative estimate of drug-likeness (QED) is 0.809. The van der Waals surface area contributed by atoms with Gasteiger partial charge in [0.1, 0.15) is 5.69 Å². The number of aromatic nitrogens is 2. The van der Waals surface area contributed by atoms with Crippen LogP contribution in [0.5, 0.6) is 0 Å². The van der Waals surface area contributed by atoms with Crippen molar-refractivity contribution in [2.24, 2.45) is 5.92 Å². The van der Waals surface area contributed by atoms with Crippen molar-refractivity contribution >= 4 is 5.91 Å². The Hall–Kier alpha value is -1.49. The maximum atomic E-state index is 11.7. The third-order valence-electron chi connectivity index (χ3n) is 2.59. The number of amides is 1. The molecular weight excluding hydrogens is 206 g/mol. The average molecular weight is 221 g/mol. The fourth-order valence-corrected chi connectivity index (χ4v) is 1.58. The van der Waals surface area contributed by atoms with Crippen LogP contribution < -0.4 is 5.32 Å². The fraction of sp³-hybridized carbons (Fsp3) is 0.545. The number of hydrogen-bond donors (Lipinski definition) is 1. The second kappa shape index (κ2) is 5.03. The molecule has 2 heterocycles. The highest BCUT2D eigenvalue weighted by Gasteiger charge is 2.17. The molecule has 2 rings (SSSR count). The first-order valence-corrected chi connectivity index (χ1v) is 5.40. The second-order valence-electron chi connectivity index (χ2n) is 3.98. The summed E-state index contributed by atoms with van der Waals surface area (Å²) in [6.07, 6.45) is 4.10. The SMILES string of the molecule is Cc1cnc(C(=O)NC[C@@H]2CCOC2)cn1. The van der Waals surface area contributed by atoms with Crippen LogP contribution in [-0.2, 0) is 4.74 Å². The van der Waals surface area contributed by atoms with E-state index in [2.05, 4.69) is 15.3 Å². The zero-order valence-corrected chi connectivity index (χ0v) is 9.27. The van der Waals surface area contributed by atoms with Gasteiger partial charge in [-0.3, -0.25) is 9.78 Å². The van der Waals surface area contributed by atoms with E-state index in [4.69, 9.17) is 4.74 Å². The van der Waals surface area contributed by atoms with Crippen molar-refractivity contribution in [1.29, 1.82) is 0 Å². The summed E-state index contributed by atoms with van der Waals surface area (Å²) in [5.41, 5.74) is 1.17. The molecule has 1 amide bonds. The molecule has 0 radical (unpaired) electrons. The predicted octanol–water partition coefficient (Wildman–Crippen LogP) is 0.551. The minimum atomic E-state index is -0.167. The molecule has 1 N–H and O–H groups in total. The third-order valence-corrected chi connectivity index (χ3v) is 2.59. The van der Waals surface area contributed by atoms with Crippen molar-refractivity contribution in [2.45, 2.75) is 13.3 Å². The Kier molecular flexibility index (Phi) is 3.46. The molecule has 1 atom stereocenters. The van der Waals surface area contributed by atoms with E-state index in [1.54, 1.807) is 6.20 Å². The predicted molar refractivity (Wildman–Crippen MR) is 58.0 cm³/mol. The van der Waals surface area contributed by atoms with Crippen LogP contribution in [0, 0.1) is 12.8 Å². The number of nitrogens with zero attached hydrogens (tertiary/aromatic N) is 2. The molecule has 1 fully saturated rings. The first kappa shape index (κ1) is 11.0. The maximum Gasteiger partial charge on any atom is 0.271 e. The van der Waals surface area contributed by atoms with E-state index in [1.807, 2.05) is 6.92 Å². The van der Waals surface area contributed by atoms with Crippen molar-refractivity contribution < 1.29 is 9.53 Å². The smallest absolute Gasteiger partial charge is 0.271 e. The van der Waals surface area contributed by atoms with E-state index in [0.29, 0.717) is 18.2 Å². The summed E-state index contributed by atoms with van der Waals surface area (Å²) in [6.45, 7) is 4.02. The van der Waals surface area contributed by atoms with Crippen LogP contribution in [0.15, 0.2) is 12.4 Å². The van der Waals surface area contributed by atoms with Crippen LogP contribution in [0.2, 0.25) is 0 Å². The van der Waals surface area contributed by atoms with Crippen molar-refractivity contribution in [3.63, 3.8) is 0 Å². The van der Waals surface area contributed by atoms with Gasteiger partial charge in [0.25, 0.3) is 5.91 Å². The molecule has 1 aliphatic heterocycles. The van der Waals surface area contributed by atoms with E-state index >= 15 is 0 Å². The summed E-state index contributed by atoms with van der Waals surface area (Å²) in [7, 11) is 0. The van der Waals surface area contributed by atoms with Gasteiger partial charge in [-0.05, 0) is 13.3 Å².